The molecule has 1 aliphatic rings. The second-order valence-electron chi connectivity index (χ2n) is 4.25. The van der Waals surface area contributed by atoms with Gasteiger partial charge in [0, 0.05) is 18.8 Å². The maximum atomic E-state index is 11.5. The predicted molar refractivity (Wildman–Crippen MR) is 67.7 cm³/mol. The molecule has 0 unspecified atom stereocenters. The molecule has 0 saturated carbocycles. The highest BCUT2D eigenvalue weighted by molar-refractivity contribution is 6.21. The molecule has 5 heteroatoms. The summed E-state index contributed by atoms with van der Waals surface area (Å²) >= 11 is 0. The average Bonchev–Trinajstić information content (AvgIpc) is 2.65. The number of anilines is 1. The number of carbonyl (C=O) groups excluding carboxylic acids is 2. The Morgan fingerprint density at radius 3 is 2.61 bits per heavy atom. The second kappa shape index (κ2) is 5.64. The van der Waals surface area contributed by atoms with Crippen molar-refractivity contribution in [1.82, 2.24) is 5.32 Å². The van der Waals surface area contributed by atoms with Gasteiger partial charge in [-0.25, -0.2) is 0 Å². The van der Waals surface area contributed by atoms with E-state index in [1.54, 1.807) is 18.2 Å². The molecule has 1 aromatic rings. The molecule has 1 aromatic carbocycles. The zero-order valence-electron chi connectivity index (χ0n) is 10.0. The topological polar surface area (TPSA) is 78.4 Å². The van der Waals surface area contributed by atoms with Crippen LogP contribution in [0.2, 0.25) is 0 Å². The number of unbranched alkanes of at least 4 members (excludes halogenated alkanes) is 2. The number of aliphatic hydroxyl groups is 1. The Morgan fingerprint density at radius 2 is 1.83 bits per heavy atom. The van der Waals surface area contributed by atoms with Crippen LogP contribution in [-0.2, 0) is 0 Å². The largest absolute Gasteiger partial charge is 0.396 e. The lowest BCUT2D eigenvalue weighted by Crippen LogP contribution is -2.19. The Balaban J connectivity index is 1.93. The maximum Gasteiger partial charge on any atom is 0.259 e. The number of nitrogens with one attached hydrogen (secondary N) is 2. The third-order valence-corrected chi connectivity index (χ3v) is 2.90. The van der Waals surface area contributed by atoms with Gasteiger partial charge in [-0.05, 0) is 37.5 Å². The first-order chi connectivity index (χ1) is 8.72. The Bertz CT molecular complexity index is 471. The summed E-state index contributed by atoms with van der Waals surface area (Å²) in [5, 5.41) is 14.1. The normalized spacial score (nSPS) is 13.4. The first-order valence-corrected chi connectivity index (χ1v) is 6.07. The zero-order valence-corrected chi connectivity index (χ0v) is 10.0. The van der Waals surface area contributed by atoms with Crippen LogP contribution >= 0.6 is 0 Å². The number of benzene rings is 1. The first kappa shape index (κ1) is 12.6. The van der Waals surface area contributed by atoms with E-state index in [9.17, 15) is 9.59 Å². The molecule has 0 bridgehead atoms. The minimum atomic E-state index is -0.334. The average molecular weight is 248 g/mol. The van der Waals surface area contributed by atoms with Crippen molar-refractivity contribution in [2.75, 3.05) is 18.5 Å². The highest BCUT2D eigenvalue weighted by Gasteiger charge is 2.26. The number of hydrogen-bond acceptors (Lipinski definition) is 4. The van der Waals surface area contributed by atoms with Gasteiger partial charge in [0.2, 0.25) is 0 Å². The van der Waals surface area contributed by atoms with Gasteiger partial charge in [-0.1, -0.05) is 0 Å². The van der Waals surface area contributed by atoms with Crippen molar-refractivity contribution in [3.8, 4) is 0 Å². The van der Waals surface area contributed by atoms with Crippen molar-refractivity contribution < 1.29 is 14.7 Å². The molecule has 3 N–H and O–H groups in total. The summed E-state index contributed by atoms with van der Waals surface area (Å²) < 4.78 is 0. The van der Waals surface area contributed by atoms with E-state index in [0.717, 1.165) is 31.5 Å². The lowest BCUT2D eigenvalue weighted by atomic mass is 10.1. The third-order valence-electron chi connectivity index (χ3n) is 2.90. The number of rotatable bonds is 6. The molecule has 0 fully saturated rings. The minimum Gasteiger partial charge on any atom is -0.396 e. The molecule has 0 aromatic heterocycles. The van der Waals surface area contributed by atoms with Crippen molar-refractivity contribution in [3.05, 3.63) is 29.3 Å². The number of amides is 2. The number of hydrogen-bond donors (Lipinski definition) is 3. The fourth-order valence-electron chi connectivity index (χ4n) is 1.92. The van der Waals surface area contributed by atoms with Gasteiger partial charge < -0.3 is 10.4 Å². The lowest BCUT2D eigenvalue weighted by molar-refractivity contribution is 0.0879. The summed E-state index contributed by atoms with van der Waals surface area (Å²) in [4.78, 5) is 22.8. The first-order valence-electron chi connectivity index (χ1n) is 6.07. The summed E-state index contributed by atoms with van der Waals surface area (Å²) in [5.74, 6) is -0.663. The van der Waals surface area contributed by atoms with Gasteiger partial charge in [0.1, 0.15) is 0 Å². The molecule has 1 heterocycles. The van der Waals surface area contributed by atoms with E-state index in [1.807, 2.05) is 0 Å². The Kier molecular flexibility index (Phi) is 3.94. The van der Waals surface area contributed by atoms with E-state index >= 15 is 0 Å². The van der Waals surface area contributed by atoms with Crippen LogP contribution in [-0.4, -0.2) is 30.1 Å². The molecule has 96 valence electrons. The van der Waals surface area contributed by atoms with Crippen LogP contribution in [0.15, 0.2) is 18.2 Å². The van der Waals surface area contributed by atoms with E-state index in [-0.39, 0.29) is 18.4 Å². The predicted octanol–water partition coefficient (Wildman–Crippen LogP) is 1.14. The molecule has 2 rings (SSSR count). The molecule has 5 nitrogen and oxygen atoms in total. The smallest absolute Gasteiger partial charge is 0.259 e. The molecular formula is C13H16N2O3. The van der Waals surface area contributed by atoms with Gasteiger partial charge in [-0.3, -0.25) is 14.9 Å². The molecule has 0 spiro atoms. The van der Waals surface area contributed by atoms with Crippen LogP contribution in [0.25, 0.3) is 0 Å². The summed E-state index contributed by atoms with van der Waals surface area (Å²) in [6.45, 7) is 1.01. The molecular weight excluding hydrogens is 232 g/mol. The Hall–Kier alpha value is -1.88. The molecule has 0 aliphatic carbocycles. The van der Waals surface area contributed by atoms with Gasteiger partial charge in [0.25, 0.3) is 11.8 Å². The minimum absolute atomic E-state index is 0.223. The Morgan fingerprint density at radius 1 is 1.06 bits per heavy atom. The molecule has 0 saturated heterocycles. The van der Waals surface area contributed by atoms with E-state index in [2.05, 4.69) is 10.6 Å². The van der Waals surface area contributed by atoms with Crippen molar-refractivity contribution >= 4 is 17.5 Å². The van der Waals surface area contributed by atoms with Crippen LogP contribution in [0, 0.1) is 0 Å². The van der Waals surface area contributed by atoms with Gasteiger partial charge in [-0.2, -0.15) is 0 Å². The van der Waals surface area contributed by atoms with Crippen LogP contribution < -0.4 is 10.6 Å². The molecule has 0 radical (unpaired) electrons. The van der Waals surface area contributed by atoms with E-state index in [1.165, 1.54) is 0 Å². The number of imide groups is 1. The van der Waals surface area contributed by atoms with Gasteiger partial charge in [0.05, 0.1) is 11.1 Å². The number of aliphatic hydroxyl groups excluding tert-OH is 1. The highest BCUT2D eigenvalue weighted by atomic mass is 16.3. The number of carbonyl (C=O) groups is 2. The Labute approximate surface area is 105 Å². The lowest BCUT2D eigenvalue weighted by Gasteiger charge is -2.06. The summed E-state index contributed by atoms with van der Waals surface area (Å²) in [5.41, 5.74) is 1.70. The van der Waals surface area contributed by atoms with Crippen LogP contribution in [0.5, 0.6) is 0 Å². The van der Waals surface area contributed by atoms with Crippen LogP contribution in [0.4, 0.5) is 5.69 Å². The number of fused-ring (bicyclic) bond motifs is 1. The molecule has 2 amide bonds. The quantitative estimate of drug-likeness (QED) is 0.521. The molecule has 0 atom stereocenters. The second-order valence-corrected chi connectivity index (χ2v) is 4.25. The van der Waals surface area contributed by atoms with Gasteiger partial charge in [-0.15, -0.1) is 0 Å². The fourth-order valence-corrected chi connectivity index (χ4v) is 1.92. The third kappa shape index (κ3) is 2.68. The SMILES string of the molecule is O=C1NC(=O)c2cc(NCCCCCO)ccc21. The standard InChI is InChI=1S/C13H16N2O3/c16-7-3-1-2-6-14-9-4-5-10-11(8-9)13(18)15-12(10)17/h4-5,8,14,16H,1-3,6-7H2,(H,15,17,18). The summed E-state index contributed by atoms with van der Waals surface area (Å²) in [6.07, 6.45) is 2.74. The fraction of sp³-hybridized carbons (Fsp3) is 0.385. The van der Waals surface area contributed by atoms with Crippen molar-refractivity contribution in [1.29, 1.82) is 0 Å². The van der Waals surface area contributed by atoms with E-state index in [4.69, 9.17) is 5.11 Å². The maximum absolute atomic E-state index is 11.5. The zero-order chi connectivity index (χ0) is 13.0. The van der Waals surface area contributed by atoms with E-state index < -0.39 is 0 Å². The summed E-state index contributed by atoms with van der Waals surface area (Å²) in [7, 11) is 0. The van der Waals surface area contributed by atoms with Crippen LogP contribution in [0.1, 0.15) is 40.0 Å². The van der Waals surface area contributed by atoms with Crippen molar-refractivity contribution in [2.45, 2.75) is 19.3 Å². The van der Waals surface area contributed by atoms with E-state index in [0.29, 0.717) is 11.1 Å². The summed E-state index contributed by atoms with van der Waals surface area (Å²) in [6, 6.07) is 5.15. The molecule has 18 heavy (non-hydrogen) atoms. The monoisotopic (exact) mass is 248 g/mol. The van der Waals surface area contributed by atoms with Crippen molar-refractivity contribution in [3.63, 3.8) is 0 Å². The van der Waals surface area contributed by atoms with Gasteiger partial charge >= 0.3 is 0 Å². The highest BCUT2D eigenvalue weighted by Crippen LogP contribution is 2.20. The van der Waals surface area contributed by atoms with Gasteiger partial charge in [0.15, 0.2) is 0 Å². The molecule has 1 aliphatic heterocycles. The van der Waals surface area contributed by atoms with Crippen LogP contribution in [0.3, 0.4) is 0 Å². The van der Waals surface area contributed by atoms with Crippen molar-refractivity contribution in [2.24, 2.45) is 0 Å².